The van der Waals surface area contributed by atoms with E-state index in [1.807, 2.05) is 5.32 Å². The zero-order valence-electron chi connectivity index (χ0n) is 9.35. The van der Waals surface area contributed by atoms with Gasteiger partial charge < -0.3 is 5.73 Å². The molecule has 1 fully saturated rings. The summed E-state index contributed by atoms with van der Waals surface area (Å²) in [6, 6.07) is 0.174. The van der Waals surface area contributed by atoms with Crippen molar-refractivity contribution in [2.75, 3.05) is 0 Å². The predicted molar refractivity (Wildman–Crippen MR) is 63.2 cm³/mol. The number of hydrogen-bond donors (Lipinski definition) is 2. The molecule has 1 aromatic rings. The van der Waals surface area contributed by atoms with Crippen LogP contribution in [0.25, 0.3) is 0 Å². The fourth-order valence-corrected chi connectivity index (χ4v) is 1.81. The summed E-state index contributed by atoms with van der Waals surface area (Å²) in [5, 5.41) is 2.00. The van der Waals surface area contributed by atoms with Crippen molar-refractivity contribution < 1.29 is 9.59 Å². The first kappa shape index (κ1) is 12.6. The number of nitrogens with zero attached hydrogens (tertiary/aromatic N) is 2. The van der Waals surface area contributed by atoms with Gasteiger partial charge in [-0.15, -0.1) is 0 Å². The molecule has 0 aliphatic heterocycles. The number of amides is 3. The second kappa shape index (κ2) is 4.77. The Kier molecular flexibility index (Phi) is 3.33. The van der Waals surface area contributed by atoms with Crippen molar-refractivity contribution in [3.8, 4) is 0 Å². The van der Waals surface area contributed by atoms with Gasteiger partial charge in [0.15, 0.2) is 0 Å². The molecule has 18 heavy (non-hydrogen) atoms. The average molecular weight is 271 g/mol. The van der Waals surface area contributed by atoms with Gasteiger partial charge in [-0.05, 0) is 12.8 Å². The molecular weight excluding hydrogens is 260 g/mol. The van der Waals surface area contributed by atoms with Gasteiger partial charge >= 0.3 is 6.03 Å². The Hall–Kier alpha value is -1.89. The molecule has 2 rings (SSSR count). The summed E-state index contributed by atoms with van der Waals surface area (Å²) < 4.78 is 1.21. The number of rotatable bonds is 3. The number of carbonyl (C=O) groups is 2. The molecule has 0 spiro atoms. The number of nitrogens with one attached hydrogen (secondary N) is 1. The maximum absolute atomic E-state index is 11.8. The van der Waals surface area contributed by atoms with E-state index in [2.05, 4.69) is 4.98 Å². The Morgan fingerprint density at radius 2 is 2.22 bits per heavy atom. The summed E-state index contributed by atoms with van der Waals surface area (Å²) in [6.45, 7) is -0.294. The molecule has 0 saturated heterocycles. The van der Waals surface area contributed by atoms with Gasteiger partial charge in [0.25, 0.3) is 5.56 Å². The van der Waals surface area contributed by atoms with Crippen molar-refractivity contribution in [2.45, 2.75) is 25.3 Å². The Balaban J connectivity index is 2.28. The molecule has 0 bridgehead atoms. The van der Waals surface area contributed by atoms with E-state index in [0.717, 1.165) is 18.9 Å². The van der Waals surface area contributed by atoms with E-state index in [4.69, 9.17) is 17.3 Å². The molecule has 3 N–H and O–H groups in total. The summed E-state index contributed by atoms with van der Waals surface area (Å²) in [5.41, 5.74) is 4.40. The van der Waals surface area contributed by atoms with Gasteiger partial charge in [0, 0.05) is 12.0 Å². The molecule has 1 aromatic heterocycles. The van der Waals surface area contributed by atoms with Crippen LogP contribution in [0.1, 0.15) is 24.6 Å². The maximum atomic E-state index is 11.8. The Morgan fingerprint density at radius 3 is 2.78 bits per heavy atom. The first-order valence-corrected chi connectivity index (χ1v) is 5.71. The average Bonchev–Trinajstić information content (AvgIpc) is 3.04. The third kappa shape index (κ3) is 2.86. The molecule has 1 aliphatic rings. The van der Waals surface area contributed by atoms with E-state index in [9.17, 15) is 14.4 Å². The minimum absolute atomic E-state index is 0.105. The monoisotopic (exact) mass is 270 g/mol. The van der Waals surface area contributed by atoms with Crippen molar-refractivity contribution in [3.63, 3.8) is 0 Å². The number of nitrogens with two attached hydrogens (primary N) is 1. The standard InChI is InChI=1S/C10H11ClN4O3/c11-6-3-8(17)15(4-7(16)14-10(12)18)9(13-6)5-1-2-5/h3,5H,1-2,4H2,(H3,12,14,16,18). The van der Waals surface area contributed by atoms with Crippen molar-refractivity contribution >= 4 is 23.5 Å². The van der Waals surface area contributed by atoms with Gasteiger partial charge in [0.05, 0.1) is 0 Å². The largest absolute Gasteiger partial charge is 0.351 e. The van der Waals surface area contributed by atoms with Crippen LogP contribution < -0.4 is 16.6 Å². The topological polar surface area (TPSA) is 107 Å². The summed E-state index contributed by atoms with van der Waals surface area (Å²) >= 11 is 5.72. The maximum Gasteiger partial charge on any atom is 0.318 e. The number of imide groups is 1. The molecule has 3 amide bonds. The number of primary amides is 1. The van der Waals surface area contributed by atoms with E-state index in [0.29, 0.717) is 5.82 Å². The molecule has 7 nitrogen and oxygen atoms in total. The van der Waals surface area contributed by atoms with Crippen LogP contribution in [0.15, 0.2) is 10.9 Å². The summed E-state index contributed by atoms with van der Waals surface area (Å²) in [7, 11) is 0. The third-order valence-electron chi connectivity index (χ3n) is 2.51. The highest BCUT2D eigenvalue weighted by molar-refractivity contribution is 6.29. The fourth-order valence-electron chi connectivity index (χ4n) is 1.63. The first-order chi connectivity index (χ1) is 8.47. The predicted octanol–water partition coefficient (Wildman–Crippen LogP) is -0.0310. The smallest absolute Gasteiger partial charge is 0.318 e. The van der Waals surface area contributed by atoms with Gasteiger partial charge in [-0.1, -0.05) is 11.6 Å². The quantitative estimate of drug-likeness (QED) is 0.752. The van der Waals surface area contributed by atoms with Crippen LogP contribution in [0.4, 0.5) is 4.79 Å². The molecule has 96 valence electrons. The number of halogens is 1. The molecule has 1 heterocycles. The van der Waals surface area contributed by atoms with Crippen molar-refractivity contribution in [2.24, 2.45) is 5.73 Å². The van der Waals surface area contributed by atoms with Crippen LogP contribution in [0.2, 0.25) is 5.15 Å². The highest BCUT2D eigenvalue weighted by Crippen LogP contribution is 2.38. The Labute approximate surface area is 107 Å². The summed E-state index contributed by atoms with van der Waals surface area (Å²) in [4.78, 5) is 37.8. The SMILES string of the molecule is NC(=O)NC(=O)Cn1c(C2CC2)nc(Cl)cc1=O. The van der Waals surface area contributed by atoms with Gasteiger partial charge in [-0.25, -0.2) is 9.78 Å². The van der Waals surface area contributed by atoms with Crippen LogP contribution in [0, 0.1) is 0 Å². The first-order valence-electron chi connectivity index (χ1n) is 5.34. The third-order valence-corrected chi connectivity index (χ3v) is 2.71. The van der Waals surface area contributed by atoms with Crippen LogP contribution in [0.5, 0.6) is 0 Å². The highest BCUT2D eigenvalue weighted by Gasteiger charge is 2.29. The van der Waals surface area contributed by atoms with Crippen LogP contribution >= 0.6 is 11.6 Å². The van der Waals surface area contributed by atoms with Gasteiger partial charge in [0.1, 0.15) is 17.5 Å². The fraction of sp³-hybridized carbons (Fsp3) is 0.400. The lowest BCUT2D eigenvalue weighted by Gasteiger charge is -2.10. The molecular formula is C10H11ClN4O3. The zero-order valence-corrected chi connectivity index (χ0v) is 10.1. The van der Waals surface area contributed by atoms with E-state index in [1.54, 1.807) is 0 Å². The summed E-state index contributed by atoms with van der Waals surface area (Å²) in [5.74, 6) is -0.0273. The van der Waals surface area contributed by atoms with Gasteiger partial charge in [-0.3, -0.25) is 19.5 Å². The van der Waals surface area contributed by atoms with Crippen molar-refractivity contribution in [1.82, 2.24) is 14.9 Å². The number of aromatic nitrogens is 2. The minimum atomic E-state index is -0.956. The van der Waals surface area contributed by atoms with Crippen LogP contribution in [-0.2, 0) is 11.3 Å². The van der Waals surface area contributed by atoms with Crippen molar-refractivity contribution in [1.29, 1.82) is 0 Å². The number of hydrogen-bond acceptors (Lipinski definition) is 4. The second-order valence-electron chi connectivity index (χ2n) is 4.05. The molecule has 0 aromatic carbocycles. The molecule has 0 atom stereocenters. The Morgan fingerprint density at radius 1 is 1.56 bits per heavy atom. The second-order valence-corrected chi connectivity index (χ2v) is 4.44. The van der Waals surface area contributed by atoms with Crippen LogP contribution in [0.3, 0.4) is 0 Å². The van der Waals surface area contributed by atoms with E-state index in [1.165, 1.54) is 4.57 Å². The Bertz CT molecular complexity index is 565. The lowest BCUT2D eigenvalue weighted by atomic mass is 10.3. The number of carbonyl (C=O) groups excluding carboxylic acids is 2. The van der Waals surface area contributed by atoms with E-state index in [-0.39, 0.29) is 17.6 Å². The van der Waals surface area contributed by atoms with E-state index >= 15 is 0 Å². The van der Waals surface area contributed by atoms with Gasteiger partial charge in [0.2, 0.25) is 5.91 Å². The molecule has 1 aliphatic carbocycles. The minimum Gasteiger partial charge on any atom is -0.351 e. The van der Waals surface area contributed by atoms with Crippen molar-refractivity contribution in [3.05, 3.63) is 27.4 Å². The van der Waals surface area contributed by atoms with Gasteiger partial charge in [-0.2, -0.15) is 0 Å². The number of urea groups is 1. The normalized spacial score (nSPS) is 14.3. The van der Waals surface area contributed by atoms with Crippen LogP contribution in [-0.4, -0.2) is 21.5 Å². The lowest BCUT2D eigenvalue weighted by Crippen LogP contribution is -2.39. The molecule has 1 saturated carbocycles. The molecule has 0 unspecified atom stereocenters. The van der Waals surface area contributed by atoms with E-state index < -0.39 is 17.5 Å². The molecule has 8 heteroatoms. The zero-order chi connectivity index (χ0) is 13.3. The highest BCUT2D eigenvalue weighted by atomic mass is 35.5. The molecule has 0 radical (unpaired) electrons. The summed E-state index contributed by atoms with van der Waals surface area (Å²) in [6.07, 6.45) is 1.81. The lowest BCUT2D eigenvalue weighted by molar-refractivity contribution is -0.120.